The Morgan fingerprint density at radius 1 is 1.00 bits per heavy atom. The van der Waals surface area contributed by atoms with Crippen LogP contribution in [0.1, 0.15) is 25.7 Å². The van der Waals surface area contributed by atoms with Gasteiger partial charge in [0.15, 0.2) is 0 Å². The molecular formula is C13H25Cl2N3O. The highest BCUT2D eigenvalue weighted by molar-refractivity contribution is 5.85. The van der Waals surface area contributed by atoms with Crippen molar-refractivity contribution >= 4 is 30.7 Å². The zero-order valence-corrected chi connectivity index (χ0v) is 13.0. The molecule has 19 heavy (non-hydrogen) atoms. The molecule has 112 valence electrons. The van der Waals surface area contributed by atoms with E-state index >= 15 is 0 Å². The third-order valence-corrected chi connectivity index (χ3v) is 4.34. The van der Waals surface area contributed by atoms with Gasteiger partial charge in [0.2, 0.25) is 5.91 Å². The molecule has 0 radical (unpaired) electrons. The summed E-state index contributed by atoms with van der Waals surface area (Å²) in [7, 11) is 0. The summed E-state index contributed by atoms with van der Waals surface area (Å²) in [6, 6.07) is 0.851. The summed E-state index contributed by atoms with van der Waals surface area (Å²) in [6.07, 6.45) is 4.98. The van der Waals surface area contributed by atoms with Crippen LogP contribution >= 0.6 is 24.8 Å². The Kier molecular flexibility index (Phi) is 6.87. The van der Waals surface area contributed by atoms with Gasteiger partial charge in [-0.1, -0.05) is 0 Å². The first-order chi connectivity index (χ1) is 8.34. The average molecular weight is 310 g/mol. The fourth-order valence-electron chi connectivity index (χ4n) is 3.07. The minimum Gasteiger partial charge on any atom is -0.340 e. The number of hydrogen-bond acceptors (Lipinski definition) is 3. The molecule has 0 bridgehead atoms. The molecule has 6 heteroatoms. The number of halogens is 2. The topological polar surface area (TPSA) is 35.6 Å². The molecule has 1 saturated carbocycles. The summed E-state index contributed by atoms with van der Waals surface area (Å²) >= 11 is 0. The Morgan fingerprint density at radius 3 is 2.21 bits per heavy atom. The van der Waals surface area contributed by atoms with Gasteiger partial charge in [-0.2, -0.15) is 0 Å². The van der Waals surface area contributed by atoms with E-state index in [0.717, 1.165) is 58.2 Å². The molecule has 1 amide bonds. The van der Waals surface area contributed by atoms with E-state index < -0.39 is 0 Å². The minimum atomic E-state index is 0. The lowest BCUT2D eigenvalue weighted by molar-refractivity contribution is -0.137. The molecule has 2 aliphatic heterocycles. The highest BCUT2D eigenvalue weighted by Crippen LogP contribution is 2.27. The van der Waals surface area contributed by atoms with Crippen LogP contribution in [0.3, 0.4) is 0 Å². The zero-order chi connectivity index (χ0) is 11.7. The first-order valence-electron chi connectivity index (χ1n) is 7.08. The highest BCUT2D eigenvalue weighted by Gasteiger charge is 2.33. The number of rotatable bonds is 2. The molecule has 0 aromatic carbocycles. The van der Waals surface area contributed by atoms with Gasteiger partial charge >= 0.3 is 0 Å². The van der Waals surface area contributed by atoms with Crippen molar-refractivity contribution in [2.24, 2.45) is 5.92 Å². The molecule has 3 aliphatic rings. The van der Waals surface area contributed by atoms with Crippen LogP contribution < -0.4 is 5.32 Å². The quantitative estimate of drug-likeness (QED) is 0.831. The van der Waals surface area contributed by atoms with Gasteiger partial charge in [-0.15, -0.1) is 24.8 Å². The molecular weight excluding hydrogens is 285 g/mol. The van der Waals surface area contributed by atoms with Gasteiger partial charge in [-0.05, 0) is 32.2 Å². The lowest BCUT2D eigenvalue weighted by atomic mass is 9.98. The van der Waals surface area contributed by atoms with Gasteiger partial charge in [0.25, 0.3) is 0 Å². The zero-order valence-electron chi connectivity index (χ0n) is 11.3. The largest absolute Gasteiger partial charge is 0.340 e. The standard InChI is InChI=1S/C13H23N3O.2ClH/c17-13(11-2-1-5-14-10-11)16-8-6-15(7-9-16)12-3-4-12;;/h11-12,14H,1-10H2;2*1H/t11-;;/m1../s1. The first-order valence-corrected chi connectivity index (χ1v) is 7.08. The van der Waals surface area contributed by atoms with E-state index in [9.17, 15) is 4.79 Å². The molecule has 2 saturated heterocycles. The number of nitrogens with zero attached hydrogens (tertiary/aromatic N) is 2. The van der Waals surface area contributed by atoms with E-state index in [4.69, 9.17) is 0 Å². The molecule has 2 heterocycles. The average Bonchev–Trinajstić information content (AvgIpc) is 3.24. The fourth-order valence-corrected chi connectivity index (χ4v) is 3.07. The molecule has 0 aromatic heterocycles. The van der Waals surface area contributed by atoms with E-state index in [1.54, 1.807) is 0 Å². The van der Waals surface area contributed by atoms with Crippen LogP contribution in [0, 0.1) is 5.92 Å². The van der Waals surface area contributed by atoms with Crippen molar-refractivity contribution in [2.45, 2.75) is 31.7 Å². The van der Waals surface area contributed by atoms with Gasteiger partial charge in [0.1, 0.15) is 0 Å². The Balaban J connectivity index is 0.000000902. The van der Waals surface area contributed by atoms with E-state index in [1.807, 2.05) is 0 Å². The number of nitrogens with one attached hydrogen (secondary N) is 1. The highest BCUT2D eigenvalue weighted by atomic mass is 35.5. The van der Waals surface area contributed by atoms with Crippen LogP contribution in [0.5, 0.6) is 0 Å². The van der Waals surface area contributed by atoms with Crippen molar-refractivity contribution in [3.05, 3.63) is 0 Å². The molecule has 1 N–H and O–H groups in total. The van der Waals surface area contributed by atoms with Crippen molar-refractivity contribution in [3.63, 3.8) is 0 Å². The summed E-state index contributed by atoms with van der Waals surface area (Å²) in [5, 5.41) is 3.33. The van der Waals surface area contributed by atoms with E-state index in [1.165, 1.54) is 12.8 Å². The summed E-state index contributed by atoms with van der Waals surface area (Å²) < 4.78 is 0. The van der Waals surface area contributed by atoms with E-state index in [0.29, 0.717) is 5.91 Å². The number of amides is 1. The van der Waals surface area contributed by atoms with Crippen LogP contribution in [0.15, 0.2) is 0 Å². The number of hydrogen-bond donors (Lipinski definition) is 1. The first kappa shape index (κ1) is 17.0. The minimum absolute atomic E-state index is 0. The Labute approximate surface area is 128 Å². The van der Waals surface area contributed by atoms with Crippen molar-refractivity contribution in [3.8, 4) is 0 Å². The number of carbonyl (C=O) groups excluding carboxylic acids is 1. The van der Waals surface area contributed by atoms with Crippen LogP contribution in [0.2, 0.25) is 0 Å². The van der Waals surface area contributed by atoms with Crippen molar-refractivity contribution in [1.29, 1.82) is 0 Å². The number of piperazine rings is 1. The van der Waals surface area contributed by atoms with Crippen LogP contribution in [0.4, 0.5) is 0 Å². The third-order valence-electron chi connectivity index (χ3n) is 4.34. The summed E-state index contributed by atoms with van der Waals surface area (Å²) in [5.74, 6) is 0.642. The lowest BCUT2D eigenvalue weighted by Crippen LogP contribution is -2.52. The smallest absolute Gasteiger partial charge is 0.227 e. The van der Waals surface area contributed by atoms with Crippen molar-refractivity contribution < 1.29 is 4.79 Å². The van der Waals surface area contributed by atoms with E-state index in [-0.39, 0.29) is 30.7 Å². The summed E-state index contributed by atoms with van der Waals surface area (Å²) in [4.78, 5) is 17.0. The Morgan fingerprint density at radius 2 is 1.68 bits per heavy atom. The van der Waals surface area contributed by atoms with Gasteiger partial charge < -0.3 is 10.2 Å². The summed E-state index contributed by atoms with van der Waals surface area (Å²) in [5.41, 5.74) is 0. The lowest BCUT2D eigenvalue weighted by Gasteiger charge is -2.37. The van der Waals surface area contributed by atoms with Crippen molar-refractivity contribution in [2.75, 3.05) is 39.3 Å². The molecule has 1 aliphatic carbocycles. The van der Waals surface area contributed by atoms with Crippen LogP contribution in [0.25, 0.3) is 0 Å². The Bertz CT molecular complexity index is 286. The maximum Gasteiger partial charge on any atom is 0.227 e. The second-order valence-electron chi connectivity index (χ2n) is 5.64. The molecule has 3 fully saturated rings. The molecule has 0 aromatic rings. The maximum absolute atomic E-state index is 12.3. The SMILES string of the molecule is Cl.Cl.O=C([C@@H]1CCCNC1)N1CCN(C2CC2)CC1. The van der Waals surface area contributed by atoms with Gasteiger partial charge in [-0.3, -0.25) is 9.69 Å². The second kappa shape index (κ2) is 7.67. The predicted octanol–water partition coefficient (Wildman–Crippen LogP) is 1.14. The third kappa shape index (κ3) is 4.22. The predicted molar refractivity (Wildman–Crippen MR) is 81.3 cm³/mol. The number of piperidine rings is 1. The van der Waals surface area contributed by atoms with E-state index in [2.05, 4.69) is 15.1 Å². The van der Waals surface area contributed by atoms with Gasteiger partial charge in [0, 0.05) is 38.8 Å². The monoisotopic (exact) mass is 309 g/mol. The molecule has 1 atom stereocenters. The Hall–Kier alpha value is -0.0300. The molecule has 3 rings (SSSR count). The molecule has 0 unspecified atom stereocenters. The maximum atomic E-state index is 12.3. The summed E-state index contributed by atoms with van der Waals surface area (Å²) in [6.45, 7) is 6.06. The molecule has 0 spiro atoms. The van der Waals surface area contributed by atoms with Gasteiger partial charge in [0.05, 0.1) is 5.92 Å². The molecule has 4 nitrogen and oxygen atoms in total. The normalized spacial score (nSPS) is 28.2. The van der Waals surface area contributed by atoms with Crippen molar-refractivity contribution in [1.82, 2.24) is 15.1 Å². The van der Waals surface area contributed by atoms with Gasteiger partial charge in [-0.25, -0.2) is 0 Å². The van der Waals surface area contributed by atoms with Crippen LogP contribution in [-0.2, 0) is 4.79 Å². The van der Waals surface area contributed by atoms with Crippen LogP contribution in [-0.4, -0.2) is 61.0 Å². The fraction of sp³-hybridized carbons (Fsp3) is 0.923. The number of carbonyl (C=O) groups is 1. The second-order valence-corrected chi connectivity index (χ2v) is 5.64.